The maximum Gasteiger partial charge on any atom is 0.0640 e. The molecule has 19 aromatic carbocycles. The lowest BCUT2D eigenvalue weighted by Crippen LogP contribution is -2.12. The molecule has 0 aliphatic heterocycles. The van der Waals surface area contributed by atoms with Gasteiger partial charge in [-0.2, -0.15) is 0 Å². The molecule has 0 spiro atoms. The van der Waals surface area contributed by atoms with Crippen LogP contribution in [0.1, 0.15) is 0 Å². The van der Waals surface area contributed by atoms with E-state index in [0.717, 1.165) is 151 Å². The van der Waals surface area contributed by atoms with E-state index < -0.39 is 0 Å². The summed E-state index contributed by atoms with van der Waals surface area (Å²) in [5.74, 6) is 0. The standard InChI is InChI=1S/C114H75N5S/c1-5-31-77(32-6-1)87-39-13-15-45-95(87)111-89(79-35-9-3-10-36-79)48-27-55-105(111)118(85-70-66-83(67-71-85)115-100-51-22-17-41-91(100)92-42-18-23-52-101(92)115)108-58-30-57-107-113(108)98-47-20-25-54-103(98)117(107)82-64-61-76(62-65-82)81-63-74-104-99(75-81)93-43-19-24-53-102(93)116(104)84-68-72-86(73-69-84)119(109-59-29-50-97-94-44-21-26-60-110(94)120-114(97)109)106-56-28-49-90(80-37-11-4-12-38-80)112(106)96-46-16-14-40-88(96)78-33-7-2-8-34-78/h1-75H. The molecule has 4 heterocycles. The zero-order valence-corrected chi connectivity index (χ0v) is 66.3. The van der Waals surface area contributed by atoms with E-state index in [1.54, 1.807) is 0 Å². The topological polar surface area (TPSA) is 21.3 Å². The van der Waals surface area contributed by atoms with Gasteiger partial charge in [0, 0.05) is 87.4 Å². The normalized spacial score (nSPS) is 11.7. The highest BCUT2D eigenvalue weighted by Crippen LogP contribution is 2.54. The molecule has 120 heavy (non-hydrogen) atoms. The Labute approximate surface area is 699 Å². The highest BCUT2D eigenvalue weighted by molar-refractivity contribution is 7.26. The van der Waals surface area contributed by atoms with Crippen LogP contribution >= 0.6 is 11.3 Å². The van der Waals surface area contributed by atoms with Crippen LogP contribution in [0, 0.1) is 0 Å². The van der Waals surface area contributed by atoms with Crippen LogP contribution < -0.4 is 9.80 Å². The number of fused-ring (bicyclic) bond motifs is 12. The minimum Gasteiger partial charge on any atom is -0.309 e. The number of hydrogen-bond donors (Lipinski definition) is 0. The van der Waals surface area contributed by atoms with Gasteiger partial charge in [0.2, 0.25) is 0 Å². The van der Waals surface area contributed by atoms with Crippen molar-refractivity contribution in [2.75, 3.05) is 9.80 Å². The molecule has 23 rings (SSSR count). The maximum absolute atomic E-state index is 2.53. The number of nitrogens with zero attached hydrogens (tertiary/aromatic N) is 5. The molecule has 0 unspecified atom stereocenters. The molecule has 0 fully saturated rings. The first-order chi connectivity index (χ1) is 59.6. The molecule has 6 heteroatoms. The largest absolute Gasteiger partial charge is 0.309 e. The van der Waals surface area contributed by atoms with E-state index in [4.69, 9.17) is 0 Å². The minimum atomic E-state index is 1.03. The molecule has 0 bridgehead atoms. The molecule has 23 aromatic rings. The molecule has 0 saturated heterocycles. The van der Waals surface area contributed by atoms with Crippen molar-refractivity contribution in [2.45, 2.75) is 0 Å². The average molecular weight is 1550 g/mol. The smallest absolute Gasteiger partial charge is 0.0640 e. The Morgan fingerprint density at radius 1 is 0.183 bits per heavy atom. The lowest BCUT2D eigenvalue weighted by atomic mass is 9.87. The first-order valence-corrected chi connectivity index (χ1v) is 41.9. The Morgan fingerprint density at radius 3 is 1.02 bits per heavy atom. The second-order valence-electron chi connectivity index (χ2n) is 30.9. The molecule has 562 valence electrons. The maximum atomic E-state index is 2.53. The summed E-state index contributed by atoms with van der Waals surface area (Å²) in [6, 6.07) is 168. The third kappa shape index (κ3) is 11.7. The Bertz CT molecular complexity index is 7820. The lowest BCUT2D eigenvalue weighted by molar-refractivity contribution is 1.17. The summed E-state index contributed by atoms with van der Waals surface area (Å²) >= 11 is 1.86. The fourth-order valence-corrected chi connectivity index (χ4v) is 20.2. The van der Waals surface area contributed by atoms with Gasteiger partial charge in [-0.15, -0.1) is 11.3 Å². The van der Waals surface area contributed by atoms with Crippen LogP contribution in [0.25, 0.3) is 181 Å². The number of rotatable bonds is 16. The monoisotopic (exact) mass is 1550 g/mol. The van der Waals surface area contributed by atoms with Crippen LogP contribution in [0.4, 0.5) is 34.1 Å². The van der Waals surface area contributed by atoms with E-state index >= 15 is 0 Å². The van der Waals surface area contributed by atoms with Gasteiger partial charge in [-0.25, -0.2) is 0 Å². The van der Waals surface area contributed by atoms with E-state index in [1.807, 2.05) is 11.3 Å². The number of aromatic nitrogens is 3. The fraction of sp³-hybridized carbons (Fsp3) is 0. The molecule has 0 amide bonds. The highest BCUT2D eigenvalue weighted by atomic mass is 32.1. The molecule has 4 aromatic heterocycles. The van der Waals surface area contributed by atoms with Crippen molar-refractivity contribution in [1.29, 1.82) is 0 Å². The summed E-state index contributed by atoms with van der Waals surface area (Å²) < 4.78 is 9.82. The van der Waals surface area contributed by atoms with Gasteiger partial charge in [0.25, 0.3) is 0 Å². The van der Waals surface area contributed by atoms with Crippen LogP contribution in [0.2, 0.25) is 0 Å². The molecule has 0 aliphatic rings. The predicted octanol–water partition coefficient (Wildman–Crippen LogP) is 32.0. The molecule has 0 N–H and O–H groups in total. The van der Waals surface area contributed by atoms with Gasteiger partial charge < -0.3 is 23.5 Å². The molecule has 5 nitrogen and oxygen atoms in total. The Kier molecular flexibility index (Phi) is 17.1. The summed E-state index contributed by atoms with van der Waals surface area (Å²) in [6.07, 6.45) is 0. The second kappa shape index (κ2) is 29.3. The number of hydrogen-bond acceptors (Lipinski definition) is 3. The zero-order valence-electron chi connectivity index (χ0n) is 65.4. The Morgan fingerprint density at radius 2 is 0.508 bits per heavy atom. The van der Waals surface area contributed by atoms with E-state index in [9.17, 15) is 0 Å². The third-order valence-corrected chi connectivity index (χ3v) is 25.5. The van der Waals surface area contributed by atoms with E-state index in [0.29, 0.717) is 0 Å². The number of para-hydroxylation sites is 4. The van der Waals surface area contributed by atoms with Gasteiger partial charge in [-0.1, -0.05) is 322 Å². The minimum absolute atomic E-state index is 1.03. The summed E-state index contributed by atoms with van der Waals surface area (Å²) in [4.78, 5) is 5.05. The van der Waals surface area contributed by atoms with Crippen molar-refractivity contribution in [3.05, 3.63) is 455 Å². The quantitative estimate of drug-likeness (QED) is 0.0961. The van der Waals surface area contributed by atoms with Gasteiger partial charge in [0.1, 0.15) is 0 Å². The molecular weight excluding hydrogens is 1470 g/mol. The fourth-order valence-electron chi connectivity index (χ4n) is 19.0. The second-order valence-corrected chi connectivity index (χ2v) is 32.0. The Hall–Kier alpha value is -15.6. The average Bonchev–Trinajstić information content (AvgIpc) is 1.50. The van der Waals surface area contributed by atoms with Gasteiger partial charge in [0.15, 0.2) is 0 Å². The summed E-state index contributed by atoms with van der Waals surface area (Å²) in [5, 5.41) is 9.67. The Balaban J connectivity index is 0.647. The third-order valence-electron chi connectivity index (χ3n) is 24.3. The van der Waals surface area contributed by atoms with Crippen LogP contribution in [0.5, 0.6) is 0 Å². The van der Waals surface area contributed by atoms with E-state index in [2.05, 4.69) is 478 Å². The highest BCUT2D eigenvalue weighted by Gasteiger charge is 2.30. The molecule has 0 atom stereocenters. The van der Waals surface area contributed by atoms with Crippen molar-refractivity contribution in [3.8, 4) is 95.0 Å². The van der Waals surface area contributed by atoms with Crippen molar-refractivity contribution >= 4 is 131 Å². The first kappa shape index (κ1) is 69.9. The van der Waals surface area contributed by atoms with Crippen LogP contribution in [0.3, 0.4) is 0 Å². The summed E-state index contributed by atoms with van der Waals surface area (Å²) in [6.45, 7) is 0. The van der Waals surface area contributed by atoms with E-state index in [1.165, 1.54) is 63.9 Å². The van der Waals surface area contributed by atoms with Crippen LogP contribution in [-0.4, -0.2) is 13.7 Å². The van der Waals surface area contributed by atoms with Crippen molar-refractivity contribution in [3.63, 3.8) is 0 Å². The SMILES string of the molecule is c1ccc(-c2ccccc2-c2c(-c3ccccc3)cccc2N(c2ccc(-n3c4ccccc4c4cc(-c5ccc(-n6c7ccccc7c7c(N(c8ccc(-n9c%10ccccc%10c%10ccccc%109)cc8)c8cccc(-c9ccccc9)c8-c8ccccc8-c8ccccc8)cccc76)cc5)ccc43)cc2)c2cccc3c2sc2ccccc23)cc1. The van der Waals surface area contributed by atoms with Gasteiger partial charge >= 0.3 is 0 Å². The van der Waals surface area contributed by atoms with Gasteiger partial charge in [-0.3, -0.25) is 0 Å². The molecule has 0 radical (unpaired) electrons. The molecule has 0 aliphatic carbocycles. The summed E-state index contributed by atoms with van der Waals surface area (Å²) in [5.41, 5.74) is 32.7. The van der Waals surface area contributed by atoms with Crippen molar-refractivity contribution in [1.82, 2.24) is 13.7 Å². The first-order valence-electron chi connectivity index (χ1n) is 41.1. The van der Waals surface area contributed by atoms with Gasteiger partial charge in [0.05, 0.1) is 60.5 Å². The summed E-state index contributed by atoms with van der Waals surface area (Å²) in [7, 11) is 0. The van der Waals surface area contributed by atoms with Crippen LogP contribution in [0.15, 0.2) is 455 Å². The number of benzene rings is 19. The van der Waals surface area contributed by atoms with Crippen molar-refractivity contribution in [2.24, 2.45) is 0 Å². The molecular formula is C114H75N5S. The van der Waals surface area contributed by atoms with Crippen LogP contribution in [-0.2, 0) is 0 Å². The van der Waals surface area contributed by atoms with Crippen molar-refractivity contribution < 1.29 is 0 Å². The zero-order chi connectivity index (χ0) is 79.1. The number of thiophene rings is 1. The number of anilines is 6. The van der Waals surface area contributed by atoms with Gasteiger partial charge in [-0.05, 0) is 200 Å². The van der Waals surface area contributed by atoms with E-state index in [-0.39, 0.29) is 0 Å². The molecule has 0 saturated carbocycles. The predicted molar refractivity (Wildman–Crippen MR) is 510 cm³/mol. The lowest BCUT2D eigenvalue weighted by Gasteiger charge is -2.31.